The maximum absolute atomic E-state index is 13.2. The van der Waals surface area contributed by atoms with Gasteiger partial charge >= 0.3 is 12.4 Å². The van der Waals surface area contributed by atoms with Crippen LogP contribution in [0.2, 0.25) is 0 Å². The van der Waals surface area contributed by atoms with Gasteiger partial charge in [-0.25, -0.2) is 4.39 Å². The van der Waals surface area contributed by atoms with Gasteiger partial charge in [-0.2, -0.15) is 26.3 Å². The van der Waals surface area contributed by atoms with E-state index in [-0.39, 0.29) is 12.0 Å². The third-order valence-electron chi connectivity index (χ3n) is 2.48. The summed E-state index contributed by atoms with van der Waals surface area (Å²) in [5, 5.41) is 9.56. The highest BCUT2D eigenvalue weighted by Crippen LogP contribution is 2.32. The Hall–Kier alpha value is -1.35. The molecule has 1 atom stereocenters. The number of aliphatic hydroxyl groups excluding tert-OH is 1. The number of hydrogen-bond acceptors (Lipinski definition) is 2. The van der Waals surface area contributed by atoms with E-state index in [1.807, 2.05) is 0 Å². The van der Waals surface area contributed by atoms with Crippen molar-refractivity contribution < 1.29 is 40.6 Å². The van der Waals surface area contributed by atoms with Crippen LogP contribution in [-0.2, 0) is 10.9 Å². The summed E-state index contributed by atoms with van der Waals surface area (Å²) in [7, 11) is 0. The van der Waals surface area contributed by atoms with E-state index < -0.39 is 43.1 Å². The van der Waals surface area contributed by atoms with Crippen LogP contribution < -0.4 is 0 Å². The summed E-state index contributed by atoms with van der Waals surface area (Å²) in [5.74, 6) is -1.56. The van der Waals surface area contributed by atoms with Gasteiger partial charge in [-0.3, -0.25) is 0 Å². The Kier molecular flexibility index (Phi) is 5.57. The topological polar surface area (TPSA) is 29.5 Å². The molecule has 2 nitrogen and oxygen atoms in total. The van der Waals surface area contributed by atoms with Crippen molar-refractivity contribution >= 4 is 0 Å². The predicted molar refractivity (Wildman–Crippen MR) is 57.9 cm³/mol. The van der Waals surface area contributed by atoms with Crippen LogP contribution in [0.1, 0.15) is 23.7 Å². The standard InChI is InChI=1S/C12H11F7O2/c13-9-5-7(1-2-8(9)12(17,18)19)10(20)3-4-21-6-11(14,15)16/h1-2,5,10,20H,3-4,6H2. The molecule has 0 fully saturated rings. The summed E-state index contributed by atoms with van der Waals surface area (Å²) in [5.41, 5.74) is -1.65. The molecule has 9 heteroatoms. The van der Waals surface area contributed by atoms with Crippen molar-refractivity contribution in [1.82, 2.24) is 0 Å². The zero-order valence-corrected chi connectivity index (χ0v) is 10.4. The lowest BCUT2D eigenvalue weighted by molar-refractivity contribution is -0.175. The Labute approximate surface area is 115 Å². The first-order valence-electron chi connectivity index (χ1n) is 5.70. The fraction of sp³-hybridized carbons (Fsp3) is 0.500. The van der Waals surface area contributed by atoms with Gasteiger partial charge < -0.3 is 9.84 Å². The summed E-state index contributed by atoms with van der Waals surface area (Å²) in [4.78, 5) is 0. The Morgan fingerprint density at radius 2 is 1.71 bits per heavy atom. The zero-order chi connectivity index (χ0) is 16.3. The maximum atomic E-state index is 13.2. The second kappa shape index (κ2) is 6.61. The Morgan fingerprint density at radius 1 is 1.10 bits per heavy atom. The second-order valence-corrected chi connectivity index (χ2v) is 4.21. The molecule has 1 unspecified atom stereocenters. The minimum Gasteiger partial charge on any atom is -0.388 e. The molecule has 0 aliphatic heterocycles. The first-order valence-corrected chi connectivity index (χ1v) is 5.70. The third kappa shape index (κ3) is 5.88. The predicted octanol–water partition coefficient (Wildman–Crippen LogP) is 3.85. The highest BCUT2D eigenvalue weighted by Gasteiger charge is 2.34. The van der Waals surface area contributed by atoms with Crippen LogP contribution in [0.25, 0.3) is 0 Å². The van der Waals surface area contributed by atoms with Crippen molar-refractivity contribution in [2.75, 3.05) is 13.2 Å². The van der Waals surface area contributed by atoms with Gasteiger partial charge in [0.1, 0.15) is 12.4 Å². The van der Waals surface area contributed by atoms with Gasteiger partial charge in [0, 0.05) is 13.0 Å². The summed E-state index contributed by atoms with van der Waals surface area (Å²) in [6, 6.07) is 1.82. The number of hydrogen-bond donors (Lipinski definition) is 1. The van der Waals surface area contributed by atoms with Gasteiger partial charge in [-0.15, -0.1) is 0 Å². The van der Waals surface area contributed by atoms with E-state index in [0.717, 1.165) is 6.07 Å². The molecular formula is C12H11F7O2. The van der Waals surface area contributed by atoms with Crippen LogP contribution in [-0.4, -0.2) is 24.5 Å². The van der Waals surface area contributed by atoms with E-state index in [0.29, 0.717) is 12.1 Å². The van der Waals surface area contributed by atoms with Crippen molar-refractivity contribution in [3.05, 3.63) is 35.1 Å². The molecule has 1 aromatic rings. The van der Waals surface area contributed by atoms with Crippen LogP contribution in [0.5, 0.6) is 0 Å². The lowest BCUT2D eigenvalue weighted by Crippen LogP contribution is -2.18. The van der Waals surface area contributed by atoms with E-state index >= 15 is 0 Å². The lowest BCUT2D eigenvalue weighted by atomic mass is 10.0. The van der Waals surface area contributed by atoms with Crippen molar-refractivity contribution in [1.29, 1.82) is 0 Å². The molecule has 21 heavy (non-hydrogen) atoms. The molecule has 1 aromatic carbocycles. The van der Waals surface area contributed by atoms with Gasteiger partial charge in [0.05, 0.1) is 11.7 Å². The molecule has 0 aliphatic carbocycles. The number of benzene rings is 1. The third-order valence-corrected chi connectivity index (χ3v) is 2.48. The highest BCUT2D eigenvalue weighted by atomic mass is 19.4. The lowest BCUT2D eigenvalue weighted by Gasteiger charge is -2.14. The first-order chi connectivity index (χ1) is 9.50. The Bertz CT molecular complexity index is 468. The number of ether oxygens (including phenoxy) is 1. The largest absolute Gasteiger partial charge is 0.419 e. The average molecular weight is 320 g/mol. The summed E-state index contributed by atoms with van der Waals surface area (Å²) >= 11 is 0. The van der Waals surface area contributed by atoms with E-state index in [1.165, 1.54) is 0 Å². The van der Waals surface area contributed by atoms with Gasteiger partial charge in [0.2, 0.25) is 0 Å². The normalized spacial score (nSPS) is 14.3. The minimum absolute atomic E-state index is 0.170. The quantitative estimate of drug-likeness (QED) is 0.660. The monoisotopic (exact) mass is 320 g/mol. The molecule has 120 valence electrons. The highest BCUT2D eigenvalue weighted by molar-refractivity contribution is 5.27. The molecule has 0 spiro atoms. The van der Waals surface area contributed by atoms with Gasteiger partial charge in [0.25, 0.3) is 0 Å². The molecule has 0 amide bonds. The van der Waals surface area contributed by atoms with Crippen LogP contribution in [0.4, 0.5) is 30.7 Å². The van der Waals surface area contributed by atoms with Gasteiger partial charge in [-0.05, 0) is 17.7 Å². The molecule has 0 heterocycles. The zero-order valence-electron chi connectivity index (χ0n) is 10.4. The molecule has 1 N–H and O–H groups in total. The van der Waals surface area contributed by atoms with Crippen LogP contribution in [0, 0.1) is 5.82 Å². The van der Waals surface area contributed by atoms with E-state index in [1.54, 1.807) is 0 Å². The molecular weight excluding hydrogens is 309 g/mol. The van der Waals surface area contributed by atoms with E-state index in [9.17, 15) is 35.8 Å². The molecule has 0 radical (unpaired) electrons. The van der Waals surface area contributed by atoms with E-state index in [4.69, 9.17) is 0 Å². The number of rotatable bonds is 5. The maximum Gasteiger partial charge on any atom is 0.419 e. The van der Waals surface area contributed by atoms with Gasteiger partial charge in [0.15, 0.2) is 0 Å². The van der Waals surface area contributed by atoms with Crippen LogP contribution in [0.15, 0.2) is 18.2 Å². The average Bonchev–Trinajstić information content (AvgIpc) is 2.31. The van der Waals surface area contributed by atoms with Crippen molar-refractivity contribution in [2.24, 2.45) is 0 Å². The smallest absolute Gasteiger partial charge is 0.388 e. The van der Waals surface area contributed by atoms with Crippen molar-refractivity contribution in [3.8, 4) is 0 Å². The molecule has 0 saturated carbocycles. The summed E-state index contributed by atoms with van der Waals surface area (Å²) < 4.78 is 89.7. The fourth-order valence-corrected chi connectivity index (χ4v) is 1.52. The minimum atomic E-state index is -4.86. The Balaban J connectivity index is 2.59. The number of alkyl halides is 6. The van der Waals surface area contributed by atoms with Crippen LogP contribution in [0.3, 0.4) is 0 Å². The van der Waals surface area contributed by atoms with Crippen molar-refractivity contribution in [2.45, 2.75) is 24.9 Å². The van der Waals surface area contributed by atoms with Gasteiger partial charge in [-0.1, -0.05) is 6.07 Å². The number of halogens is 7. The van der Waals surface area contributed by atoms with Crippen LogP contribution >= 0.6 is 0 Å². The van der Waals surface area contributed by atoms with E-state index in [2.05, 4.69) is 4.74 Å². The molecule has 0 aromatic heterocycles. The Morgan fingerprint density at radius 3 is 2.19 bits per heavy atom. The first kappa shape index (κ1) is 17.7. The SMILES string of the molecule is OC(CCOCC(F)(F)F)c1ccc(C(F)(F)F)c(F)c1. The molecule has 0 bridgehead atoms. The number of aliphatic hydroxyl groups is 1. The summed E-state index contributed by atoms with van der Waals surface area (Å²) in [6.07, 6.45) is -11.1. The molecule has 0 saturated heterocycles. The van der Waals surface area contributed by atoms with Crippen molar-refractivity contribution in [3.63, 3.8) is 0 Å². The molecule has 1 rings (SSSR count). The molecule has 0 aliphatic rings. The fourth-order valence-electron chi connectivity index (χ4n) is 1.52. The summed E-state index contributed by atoms with van der Waals surface area (Å²) in [6.45, 7) is -1.97. The second-order valence-electron chi connectivity index (χ2n) is 4.21.